The summed E-state index contributed by atoms with van der Waals surface area (Å²) >= 11 is 0. The van der Waals surface area contributed by atoms with Crippen molar-refractivity contribution in [3.8, 4) is 5.75 Å². The first kappa shape index (κ1) is 19.0. The Balaban J connectivity index is 2.95. The molecule has 1 aromatic carbocycles. The molecule has 0 fully saturated rings. The van der Waals surface area contributed by atoms with Crippen LogP contribution in [0.4, 0.5) is 0 Å². The molecule has 23 heavy (non-hydrogen) atoms. The van der Waals surface area contributed by atoms with Gasteiger partial charge < -0.3 is 15.6 Å². The van der Waals surface area contributed by atoms with E-state index in [0.29, 0.717) is 18.6 Å². The molecular weight excluding hydrogens is 294 g/mol. The number of carboxylic acids is 1. The van der Waals surface area contributed by atoms with Gasteiger partial charge in [-0.15, -0.1) is 0 Å². The maximum Gasteiger partial charge on any atom is 0.310 e. The molecule has 128 valence electrons. The molecule has 0 saturated carbocycles. The molecule has 0 radical (unpaired) electrons. The number of aliphatic carboxylic acids is 1. The van der Waals surface area contributed by atoms with Gasteiger partial charge in [-0.3, -0.25) is 9.59 Å². The molecule has 0 bridgehead atoms. The van der Waals surface area contributed by atoms with Crippen molar-refractivity contribution in [1.29, 1.82) is 0 Å². The Labute approximate surface area is 137 Å². The molecule has 2 atom stereocenters. The van der Waals surface area contributed by atoms with Gasteiger partial charge in [0.2, 0.25) is 0 Å². The summed E-state index contributed by atoms with van der Waals surface area (Å²) in [4.78, 5) is 23.6. The van der Waals surface area contributed by atoms with E-state index in [1.807, 2.05) is 6.07 Å². The van der Waals surface area contributed by atoms with Gasteiger partial charge in [0.1, 0.15) is 11.7 Å². The molecular formula is C18H27NO4. The van der Waals surface area contributed by atoms with E-state index < -0.39 is 23.4 Å². The Morgan fingerprint density at radius 2 is 1.78 bits per heavy atom. The zero-order valence-electron chi connectivity index (χ0n) is 14.0. The Morgan fingerprint density at radius 3 is 2.30 bits per heavy atom. The lowest BCUT2D eigenvalue weighted by molar-refractivity contribution is -0.157. The highest BCUT2D eigenvalue weighted by atomic mass is 16.5. The maximum absolute atomic E-state index is 12.1. The molecule has 5 nitrogen and oxygen atoms in total. The van der Waals surface area contributed by atoms with Crippen molar-refractivity contribution in [3.05, 3.63) is 30.3 Å². The number of rotatable bonds is 11. The molecule has 1 aromatic rings. The van der Waals surface area contributed by atoms with Gasteiger partial charge in [0.25, 0.3) is 5.91 Å². The van der Waals surface area contributed by atoms with Crippen LogP contribution in [0.15, 0.2) is 30.3 Å². The Kier molecular flexibility index (Phi) is 7.59. The molecule has 0 aliphatic heterocycles. The number of amides is 1. The number of benzene rings is 1. The number of para-hydroxylation sites is 1. The first-order chi connectivity index (χ1) is 10.9. The van der Waals surface area contributed by atoms with Crippen LogP contribution in [0.3, 0.4) is 0 Å². The molecule has 0 aromatic heterocycles. The number of carbonyl (C=O) groups excluding carboxylic acids is 1. The van der Waals surface area contributed by atoms with Crippen molar-refractivity contribution in [1.82, 2.24) is 0 Å². The predicted molar refractivity (Wildman–Crippen MR) is 89.2 cm³/mol. The van der Waals surface area contributed by atoms with E-state index in [1.165, 1.54) is 6.92 Å². The second-order valence-corrected chi connectivity index (χ2v) is 5.89. The number of carboxylic acid groups (broad SMARTS) is 1. The molecule has 2 unspecified atom stereocenters. The van der Waals surface area contributed by atoms with Crippen molar-refractivity contribution in [3.63, 3.8) is 0 Å². The second kappa shape index (κ2) is 9.18. The summed E-state index contributed by atoms with van der Waals surface area (Å²) in [5.41, 5.74) is 4.04. The van der Waals surface area contributed by atoms with Crippen molar-refractivity contribution in [2.75, 3.05) is 0 Å². The minimum atomic E-state index is -1.53. The van der Waals surface area contributed by atoms with E-state index in [4.69, 9.17) is 10.5 Å². The number of primary amides is 1. The summed E-state index contributed by atoms with van der Waals surface area (Å²) in [6.45, 7) is 3.60. The SMILES string of the molecule is CCCCCCCC(Oc1ccccc1)(C(N)=O)C(C)C(=O)O. The summed E-state index contributed by atoms with van der Waals surface area (Å²) in [5, 5.41) is 9.40. The van der Waals surface area contributed by atoms with Crippen LogP contribution in [0.5, 0.6) is 5.75 Å². The molecule has 0 spiro atoms. The van der Waals surface area contributed by atoms with E-state index in [9.17, 15) is 14.7 Å². The number of hydrogen-bond donors (Lipinski definition) is 2. The van der Waals surface area contributed by atoms with E-state index in [-0.39, 0.29) is 0 Å². The molecule has 0 aliphatic carbocycles. The molecule has 0 saturated heterocycles. The molecule has 1 rings (SSSR count). The molecule has 0 heterocycles. The van der Waals surface area contributed by atoms with Crippen molar-refractivity contribution in [2.45, 2.75) is 58.0 Å². The molecule has 5 heteroatoms. The van der Waals surface area contributed by atoms with Gasteiger partial charge in [-0.1, -0.05) is 50.8 Å². The van der Waals surface area contributed by atoms with Crippen LogP contribution in [-0.4, -0.2) is 22.6 Å². The van der Waals surface area contributed by atoms with Gasteiger partial charge in [-0.05, 0) is 31.9 Å². The Morgan fingerprint density at radius 1 is 1.17 bits per heavy atom. The predicted octanol–water partition coefficient (Wildman–Crippen LogP) is 3.37. The summed E-state index contributed by atoms with van der Waals surface area (Å²) in [7, 11) is 0. The third kappa shape index (κ3) is 5.27. The zero-order chi connectivity index (χ0) is 17.3. The summed E-state index contributed by atoms with van der Waals surface area (Å²) < 4.78 is 5.84. The molecule has 0 aliphatic rings. The highest BCUT2D eigenvalue weighted by Crippen LogP contribution is 2.31. The lowest BCUT2D eigenvalue weighted by atomic mass is 9.82. The summed E-state index contributed by atoms with van der Waals surface area (Å²) in [6.07, 6.45) is 5.22. The first-order valence-electron chi connectivity index (χ1n) is 8.20. The van der Waals surface area contributed by atoms with Crippen molar-refractivity contribution in [2.24, 2.45) is 11.7 Å². The lowest BCUT2D eigenvalue weighted by Gasteiger charge is -2.34. The fraction of sp³-hybridized carbons (Fsp3) is 0.556. The van der Waals surface area contributed by atoms with Crippen LogP contribution >= 0.6 is 0 Å². The summed E-state index contributed by atoms with van der Waals surface area (Å²) in [5.74, 6) is -2.39. The van der Waals surface area contributed by atoms with Crippen LogP contribution in [0.1, 0.15) is 52.4 Å². The normalized spacial score (nSPS) is 14.7. The maximum atomic E-state index is 12.1. The molecule has 3 N–H and O–H groups in total. The highest BCUT2D eigenvalue weighted by Gasteiger charge is 2.47. The molecule has 1 amide bonds. The van der Waals surface area contributed by atoms with Crippen molar-refractivity contribution < 1.29 is 19.4 Å². The minimum absolute atomic E-state index is 0.300. The lowest BCUT2D eigenvalue weighted by Crippen LogP contribution is -2.56. The number of unbranched alkanes of at least 4 members (excludes halogenated alkanes) is 4. The van der Waals surface area contributed by atoms with E-state index in [2.05, 4.69) is 6.92 Å². The van der Waals surface area contributed by atoms with Gasteiger partial charge in [0, 0.05) is 0 Å². The van der Waals surface area contributed by atoms with Gasteiger partial charge in [-0.2, -0.15) is 0 Å². The van der Waals surface area contributed by atoms with Gasteiger partial charge in [0.05, 0.1) is 0 Å². The first-order valence-corrected chi connectivity index (χ1v) is 8.20. The Hall–Kier alpha value is -2.04. The minimum Gasteiger partial charge on any atom is -0.481 e. The van der Waals surface area contributed by atoms with Gasteiger partial charge in [-0.25, -0.2) is 0 Å². The van der Waals surface area contributed by atoms with Crippen LogP contribution in [-0.2, 0) is 9.59 Å². The standard InChI is InChI=1S/C18H27NO4/c1-3-4-5-6-10-13-18(17(19)22,14(2)16(20)21)23-15-11-8-7-9-12-15/h7-9,11-12,14H,3-6,10,13H2,1-2H3,(H2,19,22)(H,20,21). The average Bonchev–Trinajstić information content (AvgIpc) is 2.53. The van der Waals surface area contributed by atoms with Crippen LogP contribution in [0, 0.1) is 5.92 Å². The summed E-state index contributed by atoms with van der Waals surface area (Å²) in [6, 6.07) is 8.76. The van der Waals surface area contributed by atoms with Crippen LogP contribution in [0.25, 0.3) is 0 Å². The fourth-order valence-corrected chi connectivity index (χ4v) is 2.63. The largest absolute Gasteiger partial charge is 0.481 e. The fourth-order valence-electron chi connectivity index (χ4n) is 2.63. The quantitative estimate of drug-likeness (QED) is 0.611. The van der Waals surface area contributed by atoms with Crippen LogP contribution < -0.4 is 10.5 Å². The number of ether oxygens (including phenoxy) is 1. The smallest absolute Gasteiger partial charge is 0.310 e. The van der Waals surface area contributed by atoms with Gasteiger partial charge in [0.15, 0.2) is 5.60 Å². The number of carbonyl (C=O) groups is 2. The van der Waals surface area contributed by atoms with Crippen molar-refractivity contribution >= 4 is 11.9 Å². The van der Waals surface area contributed by atoms with Crippen LogP contribution in [0.2, 0.25) is 0 Å². The average molecular weight is 321 g/mol. The topological polar surface area (TPSA) is 89.6 Å². The third-order valence-electron chi connectivity index (χ3n) is 4.18. The highest BCUT2D eigenvalue weighted by molar-refractivity contribution is 5.89. The number of hydrogen-bond acceptors (Lipinski definition) is 3. The Bertz CT molecular complexity index is 503. The third-order valence-corrected chi connectivity index (χ3v) is 4.18. The monoisotopic (exact) mass is 321 g/mol. The van der Waals surface area contributed by atoms with E-state index >= 15 is 0 Å². The van der Waals surface area contributed by atoms with E-state index in [1.54, 1.807) is 24.3 Å². The zero-order valence-corrected chi connectivity index (χ0v) is 14.0. The van der Waals surface area contributed by atoms with Gasteiger partial charge >= 0.3 is 5.97 Å². The number of nitrogens with two attached hydrogens (primary N) is 1. The second-order valence-electron chi connectivity index (χ2n) is 5.89. The van der Waals surface area contributed by atoms with E-state index in [0.717, 1.165) is 25.7 Å².